The quantitative estimate of drug-likeness (QED) is 0.763. The molecule has 0 bridgehead atoms. The lowest BCUT2D eigenvalue weighted by Gasteiger charge is -2.13. The SMILES string of the molecule is CC(CS(C)(=O)=O)Nc1ccc(C(N)=S)cn1. The fourth-order valence-corrected chi connectivity index (χ4v) is 2.49. The number of hydrogen-bond donors (Lipinski definition) is 2. The zero-order valence-electron chi connectivity index (χ0n) is 9.67. The Bertz CT molecular complexity index is 497. The lowest BCUT2D eigenvalue weighted by atomic mass is 10.3. The van der Waals surface area contributed by atoms with E-state index in [4.69, 9.17) is 18.0 Å². The number of sulfone groups is 1. The van der Waals surface area contributed by atoms with Gasteiger partial charge in [0.2, 0.25) is 0 Å². The molecule has 0 amide bonds. The Balaban J connectivity index is 2.66. The summed E-state index contributed by atoms with van der Waals surface area (Å²) in [6.45, 7) is 1.78. The topological polar surface area (TPSA) is 85.1 Å². The van der Waals surface area contributed by atoms with E-state index in [2.05, 4.69) is 10.3 Å². The molecule has 0 aliphatic heterocycles. The first-order valence-electron chi connectivity index (χ1n) is 4.98. The third-order valence-corrected chi connectivity index (χ3v) is 3.34. The number of nitrogens with one attached hydrogen (secondary N) is 1. The predicted octanol–water partition coefficient (Wildman–Crippen LogP) is 0.561. The molecule has 0 aliphatic carbocycles. The molecular formula is C10H15N3O2S2. The van der Waals surface area contributed by atoms with Crippen LogP contribution in [-0.4, -0.2) is 36.4 Å². The number of nitrogens with two attached hydrogens (primary N) is 1. The van der Waals surface area contributed by atoms with Crippen molar-refractivity contribution in [3.63, 3.8) is 0 Å². The molecule has 0 fully saturated rings. The zero-order valence-corrected chi connectivity index (χ0v) is 11.3. The minimum atomic E-state index is -3.00. The van der Waals surface area contributed by atoms with Gasteiger partial charge in [0.1, 0.15) is 20.6 Å². The molecule has 1 heterocycles. The van der Waals surface area contributed by atoms with Gasteiger partial charge in [0, 0.05) is 24.1 Å². The molecule has 3 N–H and O–H groups in total. The molecule has 0 aromatic carbocycles. The summed E-state index contributed by atoms with van der Waals surface area (Å²) in [5.74, 6) is 0.660. The molecular weight excluding hydrogens is 258 g/mol. The van der Waals surface area contributed by atoms with Gasteiger partial charge in [-0.3, -0.25) is 0 Å². The standard InChI is InChI=1S/C10H15N3O2S2/c1-7(6-17(2,14)15)13-9-4-3-8(5-12-9)10(11)16/h3-5,7H,6H2,1-2H3,(H2,11,16)(H,12,13). The van der Waals surface area contributed by atoms with E-state index in [0.717, 1.165) is 0 Å². The lowest BCUT2D eigenvalue weighted by Crippen LogP contribution is -2.25. The van der Waals surface area contributed by atoms with Gasteiger partial charge < -0.3 is 11.1 Å². The Labute approximate surface area is 106 Å². The highest BCUT2D eigenvalue weighted by atomic mass is 32.2. The van der Waals surface area contributed by atoms with Gasteiger partial charge >= 0.3 is 0 Å². The normalized spacial score (nSPS) is 13.1. The maximum atomic E-state index is 11.1. The largest absolute Gasteiger partial charge is 0.389 e. The van der Waals surface area contributed by atoms with E-state index in [9.17, 15) is 8.42 Å². The molecule has 0 spiro atoms. The fraction of sp³-hybridized carbons (Fsp3) is 0.400. The number of hydrogen-bond acceptors (Lipinski definition) is 5. The van der Waals surface area contributed by atoms with Crippen LogP contribution in [0.15, 0.2) is 18.3 Å². The average molecular weight is 273 g/mol. The number of nitrogens with zero attached hydrogens (tertiary/aromatic N) is 1. The number of aromatic nitrogens is 1. The summed E-state index contributed by atoms with van der Waals surface area (Å²) < 4.78 is 22.2. The van der Waals surface area contributed by atoms with Crippen molar-refractivity contribution in [1.29, 1.82) is 0 Å². The summed E-state index contributed by atoms with van der Waals surface area (Å²) in [4.78, 5) is 4.38. The molecule has 1 aromatic rings. The minimum absolute atomic E-state index is 0.0612. The Kier molecular flexibility index (Phi) is 4.41. The maximum absolute atomic E-state index is 11.1. The van der Waals surface area contributed by atoms with Gasteiger partial charge in [0.05, 0.1) is 5.75 Å². The van der Waals surface area contributed by atoms with Crippen molar-refractivity contribution in [1.82, 2.24) is 4.98 Å². The highest BCUT2D eigenvalue weighted by molar-refractivity contribution is 7.90. The first-order valence-corrected chi connectivity index (χ1v) is 7.45. The van der Waals surface area contributed by atoms with Crippen LogP contribution in [0.25, 0.3) is 0 Å². The third-order valence-electron chi connectivity index (χ3n) is 2.00. The van der Waals surface area contributed by atoms with Crippen molar-refractivity contribution in [2.75, 3.05) is 17.3 Å². The van der Waals surface area contributed by atoms with Gasteiger partial charge in [-0.25, -0.2) is 13.4 Å². The molecule has 0 radical (unpaired) electrons. The maximum Gasteiger partial charge on any atom is 0.149 e. The molecule has 7 heteroatoms. The monoisotopic (exact) mass is 273 g/mol. The minimum Gasteiger partial charge on any atom is -0.389 e. The van der Waals surface area contributed by atoms with Gasteiger partial charge in [-0.1, -0.05) is 12.2 Å². The van der Waals surface area contributed by atoms with E-state index in [1.807, 2.05) is 0 Å². The zero-order chi connectivity index (χ0) is 13.1. The number of anilines is 1. The van der Waals surface area contributed by atoms with Crippen LogP contribution in [0.1, 0.15) is 12.5 Å². The molecule has 1 rings (SSSR count). The lowest BCUT2D eigenvalue weighted by molar-refractivity contribution is 0.598. The summed E-state index contributed by atoms with van der Waals surface area (Å²) in [5.41, 5.74) is 6.12. The van der Waals surface area contributed by atoms with Gasteiger partial charge in [0.25, 0.3) is 0 Å². The van der Waals surface area contributed by atoms with E-state index in [-0.39, 0.29) is 16.8 Å². The number of thiocarbonyl (C=S) groups is 1. The first kappa shape index (κ1) is 13.9. The van der Waals surface area contributed by atoms with E-state index < -0.39 is 9.84 Å². The summed E-state index contributed by atoms with van der Waals surface area (Å²) in [5, 5.41) is 2.99. The second kappa shape index (κ2) is 5.42. The summed E-state index contributed by atoms with van der Waals surface area (Å²) in [6, 6.07) is 3.26. The summed E-state index contributed by atoms with van der Waals surface area (Å²) in [6.07, 6.45) is 2.76. The smallest absolute Gasteiger partial charge is 0.149 e. The molecule has 1 aromatic heterocycles. The molecule has 1 unspecified atom stereocenters. The second-order valence-corrected chi connectivity index (χ2v) is 6.56. The molecule has 94 valence electrons. The molecule has 5 nitrogen and oxygen atoms in total. The van der Waals surface area contributed by atoms with Crippen molar-refractivity contribution in [3.05, 3.63) is 23.9 Å². The number of pyridine rings is 1. The van der Waals surface area contributed by atoms with Crippen LogP contribution in [0.5, 0.6) is 0 Å². The van der Waals surface area contributed by atoms with Crippen molar-refractivity contribution < 1.29 is 8.42 Å². The molecule has 0 saturated carbocycles. The van der Waals surface area contributed by atoms with Crippen LogP contribution in [0.2, 0.25) is 0 Å². The van der Waals surface area contributed by atoms with Gasteiger partial charge in [0.15, 0.2) is 0 Å². The Hall–Kier alpha value is -1.21. The Morgan fingerprint density at radius 3 is 2.65 bits per heavy atom. The van der Waals surface area contributed by atoms with Crippen molar-refractivity contribution in [3.8, 4) is 0 Å². The van der Waals surface area contributed by atoms with Gasteiger partial charge in [-0.05, 0) is 19.1 Å². The molecule has 0 saturated heterocycles. The summed E-state index contributed by atoms with van der Waals surface area (Å²) in [7, 11) is -3.00. The predicted molar refractivity (Wildman–Crippen MR) is 72.9 cm³/mol. The van der Waals surface area contributed by atoms with Crippen LogP contribution in [0.3, 0.4) is 0 Å². The summed E-state index contributed by atoms with van der Waals surface area (Å²) >= 11 is 4.80. The first-order chi connectivity index (χ1) is 7.78. The van der Waals surface area contributed by atoms with Crippen molar-refractivity contribution in [2.24, 2.45) is 5.73 Å². The molecule has 1 atom stereocenters. The fourth-order valence-electron chi connectivity index (χ4n) is 1.37. The Morgan fingerprint density at radius 2 is 2.24 bits per heavy atom. The highest BCUT2D eigenvalue weighted by Crippen LogP contribution is 2.07. The Morgan fingerprint density at radius 1 is 1.59 bits per heavy atom. The second-order valence-electron chi connectivity index (χ2n) is 3.93. The van der Waals surface area contributed by atoms with Crippen molar-refractivity contribution >= 4 is 32.9 Å². The third kappa shape index (κ3) is 5.10. The van der Waals surface area contributed by atoms with Gasteiger partial charge in [-0.2, -0.15) is 0 Å². The molecule has 17 heavy (non-hydrogen) atoms. The van der Waals surface area contributed by atoms with Crippen LogP contribution in [0.4, 0.5) is 5.82 Å². The van der Waals surface area contributed by atoms with E-state index in [1.54, 1.807) is 25.3 Å². The van der Waals surface area contributed by atoms with Crippen LogP contribution in [-0.2, 0) is 9.84 Å². The van der Waals surface area contributed by atoms with E-state index in [1.165, 1.54) is 6.26 Å². The van der Waals surface area contributed by atoms with Crippen LogP contribution >= 0.6 is 12.2 Å². The van der Waals surface area contributed by atoms with Crippen molar-refractivity contribution in [2.45, 2.75) is 13.0 Å². The van der Waals surface area contributed by atoms with Crippen LogP contribution < -0.4 is 11.1 Å². The van der Waals surface area contributed by atoms with Gasteiger partial charge in [-0.15, -0.1) is 0 Å². The average Bonchev–Trinajstić information content (AvgIpc) is 2.15. The van der Waals surface area contributed by atoms with Crippen LogP contribution in [0, 0.1) is 0 Å². The van der Waals surface area contributed by atoms with E-state index >= 15 is 0 Å². The number of rotatable bonds is 5. The molecule has 0 aliphatic rings. The highest BCUT2D eigenvalue weighted by Gasteiger charge is 2.10. The van der Waals surface area contributed by atoms with E-state index in [0.29, 0.717) is 11.4 Å².